The fourth-order valence-electron chi connectivity index (χ4n) is 3.62. The zero-order valence-electron chi connectivity index (χ0n) is 12.6. The van der Waals surface area contributed by atoms with Crippen molar-refractivity contribution >= 4 is 5.91 Å². The first-order valence-electron chi connectivity index (χ1n) is 8.55. The van der Waals surface area contributed by atoms with Crippen LogP contribution in [0, 0.1) is 5.92 Å². The van der Waals surface area contributed by atoms with E-state index >= 15 is 0 Å². The minimum atomic E-state index is 0.313. The highest BCUT2D eigenvalue weighted by Gasteiger charge is 2.26. The number of hydrogen-bond donors (Lipinski definition) is 1. The summed E-state index contributed by atoms with van der Waals surface area (Å²) in [7, 11) is 0. The molecule has 0 radical (unpaired) electrons. The summed E-state index contributed by atoms with van der Waals surface area (Å²) in [6, 6.07) is 0.731. The van der Waals surface area contributed by atoms with Gasteiger partial charge in [0.15, 0.2) is 0 Å². The lowest BCUT2D eigenvalue weighted by atomic mass is 10.1. The van der Waals surface area contributed by atoms with E-state index in [-0.39, 0.29) is 0 Å². The Hall–Kier alpha value is -0.610. The quantitative estimate of drug-likeness (QED) is 0.827. The lowest BCUT2D eigenvalue weighted by Gasteiger charge is -2.26. The second-order valence-electron chi connectivity index (χ2n) is 6.78. The Kier molecular flexibility index (Phi) is 4.94. The van der Waals surface area contributed by atoms with Crippen LogP contribution in [0.3, 0.4) is 0 Å². The molecule has 1 unspecified atom stereocenters. The predicted molar refractivity (Wildman–Crippen MR) is 80.6 cm³/mol. The van der Waals surface area contributed by atoms with Gasteiger partial charge in [-0.25, -0.2) is 0 Å². The molecular formula is C16H29N3O. The topological polar surface area (TPSA) is 35.6 Å². The van der Waals surface area contributed by atoms with Gasteiger partial charge >= 0.3 is 0 Å². The lowest BCUT2D eigenvalue weighted by Crippen LogP contribution is -2.40. The number of hydrogen-bond acceptors (Lipinski definition) is 3. The summed E-state index contributed by atoms with van der Waals surface area (Å²) in [5, 5.41) is 3.33. The minimum absolute atomic E-state index is 0.313. The smallest absolute Gasteiger partial charge is 0.236 e. The van der Waals surface area contributed by atoms with Crippen molar-refractivity contribution in [3.63, 3.8) is 0 Å². The van der Waals surface area contributed by atoms with Crippen LogP contribution in [0.2, 0.25) is 0 Å². The van der Waals surface area contributed by atoms with Gasteiger partial charge in [0.05, 0.1) is 6.54 Å². The number of likely N-dealkylation sites (tertiary alicyclic amines) is 2. The lowest BCUT2D eigenvalue weighted by molar-refractivity contribution is -0.130. The Labute approximate surface area is 122 Å². The van der Waals surface area contributed by atoms with Crippen molar-refractivity contribution in [2.45, 2.75) is 51.0 Å². The SMILES string of the molecule is O=C(CNCC1CC1)N1CCCC(N2CCCC2)CC1. The van der Waals surface area contributed by atoms with Gasteiger partial charge in [0.2, 0.25) is 5.91 Å². The molecule has 1 amide bonds. The zero-order chi connectivity index (χ0) is 13.8. The Balaban J connectivity index is 1.40. The van der Waals surface area contributed by atoms with E-state index < -0.39 is 0 Å². The summed E-state index contributed by atoms with van der Waals surface area (Å²) in [5.41, 5.74) is 0. The molecule has 0 bridgehead atoms. The Morgan fingerprint density at radius 1 is 0.950 bits per heavy atom. The van der Waals surface area contributed by atoms with E-state index in [1.165, 1.54) is 58.0 Å². The summed E-state index contributed by atoms with van der Waals surface area (Å²) >= 11 is 0. The molecule has 3 rings (SSSR count). The molecule has 1 atom stereocenters. The van der Waals surface area contributed by atoms with Gasteiger partial charge in [-0.05, 0) is 70.5 Å². The maximum absolute atomic E-state index is 12.2. The molecule has 1 N–H and O–H groups in total. The van der Waals surface area contributed by atoms with E-state index in [2.05, 4.69) is 15.1 Å². The molecule has 2 heterocycles. The number of carbonyl (C=O) groups excluding carboxylic acids is 1. The van der Waals surface area contributed by atoms with E-state index in [9.17, 15) is 4.79 Å². The van der Waals surface area contributed by atoms with Crippen LogP contribution in [0.25, 0.3) is 0 Å². The zero-order valence-corrected chi connectivity index (χ0v) is 12.6. The molecule has 0 aromatic heterocycles. The van der Waals surface area contributed by atoms with Crippen molar-refractivity contribution < 1.29 is 4.79 Å². The van der Waals surface area contributed by atoms with Crippen LogP contribution < -0.4 is 5.32 Å². The second kappa shape index (κ2) is 6.90. The molecule has 4 heteroatoms. The van der Waals surface area contributed by atoms with Crippen molar-refractivity contribution in [3.8, 4) is 0 Å². The highest BCUT2D eigenvalue weighted by molar-refractivity contribution is 5.78. The van der Waals surface area contributed by atoms with Crippen molar-refractivity contribution in [1.29, 1.82) is 0 Å². The Morgan fingerprint density at radius 3 is 2.50 bits per heavy atom. The van der Waals surface area contributed by atoms with Crippen LogP contribution in [-0.4, -0.2) is 61.0 Å². The molecule has 0 aromatic rings. The van der Waals surface area contributed by atoms with Crippen LogP contribution in [-0.2, 0) is 4.79 Å². The minimum Gasteiger partial charge on any atom is -0.342 e. The predicted octanol–water partition coefficient (Wildman–Crippen LogP) is 1.46. The molecular weight excluding hydrogens is 250 g/mol. The van der Waals surface area contributed by atoms with E-state index in [4.69, 9.17) is 0 Å². The first-order valence-corrected chi connectivity index (χ1v) is 8.55. The third-order valence-electron chi connectivity index (χ3n) is 5.11. The summed E-state index contributed by atoms with van der Waals surface area (Å²) < 4.78 is 0. The molecule has 0 aromatic carbocycles. The maximum atomic E-state index is 12.2. The highest BCUT2D eigenvalue weighted by Crippen LogP contribution is 2.27. The van der Waals surface area contributed by atoms with Crippen LogP contribution in [0.5, 0.6) is 0 Å². The molecule has 1 saturated carbocycles. The molecule has 1 aliphatic carbocycles. The first kappa shape index (κ1) is 14.3. The largest absolute Gasteiger partial charge is 0.342 e. The number of rotatable bonds is 5. The van der Waals surface area contributed by atoms with Crippen LogP contribution >= 0.6 is 0 Å². The maximum Gasteiger partial charge on any atom is 0.236 e. The van der Waals surface area contributed by atoms with Gasteiger partial charge in [-0.2, -0.15) is 0 Å². The standard InChI is InChI=1S/C16H29N3O/c20-16(13-17-12-14-5-6-14)19-10-3-4-15(7-11-19)18-8-1-2-9-18/h14-15,17H,1-13H2. The van der Waals surface area contributed by atoms with Crippen LogP contribution in [0.4, 0.5) is 0 Å². The van der Waals surface area contributed by atoms with Crippen molar-refractivity contribution in [2.75, 3.05) is 39.3 Å². The Bertz CT molecular complexity index is 324. The summed E-state index contributed by atoms with van der Waals surface area (Å²) in [6.07, 6.45) is 9.06. The fourth-order valence-corrected chi connectivity index (χ4v) is 3.62. The van der Waals surface area contributed by atoms with E-state index in [0.29, 0.717) is 12.5 Å². The Morgan fingerprint density at radius 2 is 1.75 bits per heavy atom. The third-order valence-corrected chi connectivity index (χ3v) is 5.11. The number of nitrogens with one attached hydrogen (secondary N) is 1. The molecule has 3 aliphatic rings. The number of nitrogens with zero attached hydrogens (tertiary/aromatic N) is 2. The monoisotopic (exact) mass is 279 g/mol. The fraction of sp³-hybridized carbons (Fsp3) is 0.938. The first-order chi connectivity index (χ1) is 9.83. The number of carbonyl (C=O) groups is 1. The highest BCUT2D eigenvalue weighted by atomic mass is 16.2. The molecule has 2 saturated heterocycles. The van der Waals surface area contributed by atoms with Gasteiger partial charge in [0, 0.05) is 19.1 Å². The summed E-state index contributed by atoms with van der Waals surface area (Å²) in [4.78, 5) is 17.0. The van der Waals surface area contributed by atoms with Crippen LogP contribution in [0.1, 0.15) is 44.9 Å². The van der Waals surface area contributed by atoms with Gasteiger partial charge in [-0.15, -0.1) is 0 Å². The molecule has 0 spiro atoms. The van der Waals surface area contributed by atoms with E-state index in [0.717, 1.165) is 31.6 Å². The van der Waals surface area contributed by atoms with Gasteiger partial charge in [0.1, 0.15) is 0 Å². The van der Waals surface area contributed by atoms with Gasteiger partial charge < -0.3 is 15.1 Å². The van der Waals surface area contributed by atoms with Crippen molar-refractivity contribution in [3.05, 3.63) is 0 Å². The van der Waals surface area contributed by atoms with Crippen molar-refractivity contribution in [2.24, 2.45) is 5.92 Å². The van der Waals surface area contributed by atoms with E-state index in [1.807, 2.05) is 0 Å². The van der Waals surface area contributed by atoms with E-state index in [1.54, 1.807) is 0 Å². The average molecular weight is 279 g/mol. The second-order valence-corrected chi connectivity index (χ2v) is 6.78. The van der Waals surface area contributed by atoms with Crippen molar-refractivity contribution in [1.82, 2.24) is 15.1 Å². The third kappa shape index (κ3) is 3.95. The molecule has 4 nitrogen and oxygen atoms in total. The summed E-state index contributed by atoms with van der Waals surface area (Å²) in [6.45, 7) is 6.07. The average Bonchev–Trinajstić information content (AvgIpc) is 3.18. The number of amides is 1. The van der Waals surface area contributed by atoms with Crippen LogP contribution in [0.15, 0.2) is 0 Å². The molecule has 3 fully saturated rings. The molecule has 20 heavy (non-hydrogen) atoms. The molecule has 2 aliphatic heterocycles. The molecule has 114 valence electrons. The van der Waals surface area contributed by atoms with Gasteiger partial charge in [0.25, 0.3) is 0 Å². The van der Waals surface area contributed by atoms with Gasteiger partial charge in [-0.3, -0.25) is 4.79 Å². The normalized spacial score (nSPS) is 28.6. The summed E-state index contributed by atoms with van der Waals surface area (Å²) in [5.74, 6) is 1.17. The van der Waals surface area contributed by atoms with Gasteiger partial charge in [-0.1, -0.05) is 0 Å².